The molecular weight excluding hydrogens is 374 g/mol. The van der Waals surface area contributed by atoms with Gasteiger partial charge >= 0.3 is 10.1 Å². The van der Waals surface area contributed by atoms with E-state index in [1.165, 1.54) is 20.4 Å². The van der Waals surface area contributed by atoms with Crippen LogP contribution in [-0.4, -0.2) is 44.2 Å². The number of imidazole rings is 1. The topological polar surface area (TPSA) is 113 Å². The first-order valence-electron chi connectivity index (χ1n) is 8.12. The second-order valence-electron chi connectivity index (χ2n) is 5.83. The van der Waals surface area contributed by atoms with Crippen molar-refractivity contribution in [2.45, 2.75) is 18.2 Å². The summed E-state index contributed by atoms with van der Waals surface area (Å²) in [6.07, 6.45) is 2.26. The summed E-state index contributed by atoms with van der Waals surface area (Å²) in [4.78, 5) is 11.0. The van der Waals surface area contributed by atoms with E-state index in [-0.39, 0.29) is 11.8 Å². The predicted molar refractivity (Wildman–Crippen MR) is 94.6 cm³/mol. The van der Waals surface area contributed by atoms with E-state index in [0.29, 0.717) is 34.8 Å². The number of ether oxygens (including phenoxy) is 3. The molecule has 9 nitrogen and oxygen atoms in total. The number of aromatic nitrogens is 3. The highest BCUT2D eigenvalue weighted by molar-refractivity contribution is 7.86. The van der Waals surface area contributed by atoms with Crippen LogP contribution in [0, 0.1) is 0 Å². The normalized spacial score (nSPS) is 13.4. The molecule has 4 rings (SSSR count). The van der Waals surface area contributed by atoms with Crippen molar-refractivity contribution in [3.05, 3.63) is 35.7 Å². The molecule has 0 aliphatic carbocycles. The molecular formula is C17H17N3O6S. The number of H-pyrrole nitrogens is 1. The molecule has 0 saturated carbocycles. The van der Waals surface area contributed by atoms with Gasteiger partial charge in [-0.15, -0.1) is 0 Å². The first-order chi connectivity index (χ1) is 13.0. The first-order valence-corrected chi connectivity index (χ1v) is 9.53. The molecule has 0 unspecified atom stereocenters. The summed E-state index contributed by atoms with van der Waals surface area (Å²) in [5.41, 5.74) is 2.40. The summed E-state index contributed by atoms with van der Waals surface area (Å²) in [6, 6.07) is 5.17. The number of nitrogens with zero attached hydrogens (tertiary/aromatic N) is 2. The van der Waals surface area contributed by atoms with Gasteiger partial charge < -0.3 is 19.2 Å². The molecule has 142 valence electrons. The Morgan fingerprint density at radius 1 is 1.26 bits per heavy atom. The molecule has 3 aromatic rings. The highest BCUT2D eigenvalue weighted by Gasteiger charge is 2.24. The van der Waals surface area contributed by atoms with Gasteiger partial charge in [0.1, 0.15) is 18.1 Å². The molecule has 1 aliphatic rings. The van der Waals surface area contributed by atoms with Gasteiger partial charge in [-0.3, -0.25) is 9.17 Å². The van der Waals surface area contributed by atoms with Crippen molar-refractivity contribution in [2.75, 3.05) is 20.8 Å². The van der Waals surface area contributed by atoms with Crippen LogP contribution in [0.1, 0.15) is 11.3 Å². The fourth-order valence-electron chi connectivity index (χ4n) is 2.92. The molecule has 1 N–H and O–H groups in total. The number of hydrogen-bond donors (Lipinski definition) is 1. The van der Waals surface area contributed by atoms with Gasteiger partial charge in [-0.25, -0.2) is 4.98 Å². The third-order valence-corrected chi connectivity index (χ3v) is 5.32. The average Bonchev–Trinajstić information content (AvgIpc) is 3.30. The molecule has 3 heterocycles. The van der Waals surface area contributed by atoms with Crippen LogP contribution in [0.2, 0.25) is 0 Å². The number of methoxy groups -OCH3 is 2. The Labute approximate surface area is 155 Å². The molecule has 0 fully saturated rings. The Morgan fingerprint density at radius 2 is 2.11 bits per heavy atom. The number of hydrogen-bond acceptors (Lipinski definition) is 8. The van der Waals surface area contributed by atoms with Crippen molar-refractivity contribution in [3.8, 4) is 17.2 Å². The minimum absolute atomic E-state index is 0.275. The van der Waals surface area contributed by atoms with Crippen LogP contribution in [0.25, 0.3) is 11.0 Å². The van der Waals surface area contributed by atoms with E-state index in [1.807, 2.05) is 6.07 Å². The van der Waals surface area contributed by atoms with Gasteiger partial charge in [-0.2, -0.15) is 8.42 Å². The zero-order valence-corrected chi connectivity index (χ0v) is 15.5. The van der Waals surface area contributed by atoms with Crippen LogP contribution in [0.15, 0.2) is 29.6 Å². The molecule has 27 heavy (non-hydrogen) atoms. The largest absolute Gasteiger partial charge is 0.493 e. The van der Waals surface area contributed by atoms with Crippen molar-refractivity contribution in [1.29, 1.82) is 0 Å². The van der Waals surface area contributed by atoms with Crippen LogP contribution >= 0.6 is 0 Å². The number of pyridine rings is 1. The second kappa shape index (κ2) is 6.71. The third-order valence-electron chi connectivity index (χ3n) is 4.23. The maximum Gasteiger partial charge on any atom is 0.331 e. The lowest BCUT2D eigenvalue weighted by atomic mass is 10.1. The summed E-state index contributed by atoms with van der Waals surface area (Å²) in [6.45, 7) is 0.297. The van der Waals surface area contributed by atoms with Gasteiger partial charge in [0.2, 0.25) is 0 Å². The van der Waals surface area contributed by atoms with Crippen molar-refractivity contribution < 1.29 is 26.8 Å². The molecule has 0 saturated heterocycles. The summed E-state index contributed by atoms with van der Waals surface area (Å²) >= 11 is 0. The van der Waals surface area contributed by atoms with Crippen molar-refractivity contribution >= 4 is 21.2 Å². The summed E-state index contributed by atoms with van der Waals surface area (Å²) in [7, 11) is -1.20. The van der Waals surface area contributed by atoms with Crippen LogP contribution in [0.3, 0.4) is 0 Å². The van der Waals surface area contributed by atoms with E-state index in [9.17, 15) is 8.42 Å². The Morgan fingerprint density at radius 3 is 2.89 bits per heavy atom. The highest BCUT2D eigenvalue weighted by atomic mass is 32.2. The van der Waals surface area contributed by atoms with Crippen LogP contribution in [-0.2, 0) is 27.3 Å². The van der Waals surface area contributed by atoms with E-state index >= 15 is 0 Å². The fourth-order valence-corrected chi connectivity index (χ4v) is 3.74. The Hall–Kier alpha value is -2.85. The van der Waals surface area contributed by atoms with E-state index < -0.39 is 10.1 Å². The third kappa shape index (κ3) is 3.17. The standard InChI is InChI=1S/C17H17N3O6S/c1-23-14-3-5-18-13(16(14)24-2)9-26-27(21,22)17-19-11-7-10-4-6-25-15(10)8-12(11)20-17/h3,5,7-8H,4,6,9H2,1-2H3,(H,19,20). The van der Waals surface area contributed by atoms with Crippen LogP contribution in [0.4, 0.5) is 0 Å². The number of nitrogens with one attached hydrogen (secondary N) is 1. The summed E-state index contributed by atoms with van der Waals surface area (Å²) in [5, 5.41) is -0.275. The van der Waals surface area contributed by atoms with E-state index in [0.717, 1.165) is 17.7 Å². The number of rotatable bonds is 6. The molecule has 0 bridgehead atoms. The molecule has 10 heteroatoms. The molecule has 0 spiro atoms. The average molecular weight is 391 g/mol. The summed E-state index contributed by atoms with van der Waals surface area (Å²) < 4.78 is 46.1. The Balaban J connectivity index is 1.60. The smallest absolute Gasteiger partial charge is 0.331 e. The summed E-state index contributed by atoms with van der Waals surface area (Å²) in [5.74, 6) is 1.48. The van der Waals surface area contributed by atoms with Crippen LogP contribution < -0.4 is 14.2 Å². The van der Waals surface area contributed by atoms with Crippen LogP contribution in [0.5, 0.6) is 17.2 Å². The fraction of sp³-hybridized carbons (Fsp3) is 0.294. The van der Waals surface area contributed by atoms with E-state index in [2.05, 4.69) is 15.0 Å². The second-order valence-corrected chi connectivity index (χ2v) is 7.36. The monoisotopic (exact) mass is 391 g/mol. The number of aromatic amines is 1. The zero-order valence-electron chi connectivity index (χ0n) is 14.7. The number of fused-ring (bicyclic) bond motifs is 2. The Bertz CT molecular complexity index is 1070. The Kier molecular flexibility index (Phi) is 4.36. The lowest BCUT2D eigenvalue weighted by molar-refractivity contribution is 0.285. The minimum atomic E-state index is -4.12. The lowest BCUT2D eigenvalue weighted by Gasteiger charge is -2.11. The van der Waals surface area contributed by atoms with Gasteiger partial charge in [-0.1, -0.05) is 0 Å². The van der Waals surface area contributed by atoms with Gasteiger partial charge in [0.05, 0.1) is 31.9 Å². The van der Waals surface area contributed by atoms with E-state index in [1.54, 1.807) is 12.1 Å². The molecule has 1 aromatic carbocycles. The molecule has 0 atom stereocenters. The molecule has 2 aromatic heterocycles. The SMILES string of the molecule is COc1ccnc(COS(=O)(=O)c2nc3cc4c(cc3[nH]2)OCC4)c1OC. The van der Waals surface area contributed by atoms with Gasteiger partial charge in [0.25, 0.3) is 5.16 Å². The van der Waals surface area contributed by atoms with Gasteiger partial charge in [-0.05, 0) is 11.6 Å². The van der Waals surface area contributed by atoms with E-state index in [4.69, 9.17) is 18.4 Å². The van der Waals surface area contributed by atoms with Gasteiger partial charge in [0.15, 0.2) is 11.5 Å². The molecule has 0 radical (unpaired) electrons. The van der Waals surface area contributed by atoms with Crippen molar-refractivity contribution in [2.24, 2.45) is 0 Å². The maximum absolute atomic E-state index is 12.5. The van der Waals surface area contributed by atoms with Gasteiger partial charge in [0, 0.05) is 24.8 Å². The lowest BCUT2D eigenvalue weighted by Crippen LogP contribution is -2.10. The zero-order chi connectivity index (χ0) is 19.0. The minimum Gasteiger partial charge on any atom is -0.493 e. The first kappa shape index (κ1) is 17.6. The molecule has 0 amide bonds. The predicted octanol–water partition coefficient (Wildman–Crippen LogP) is 1.82. The highest BCUT2D eigenvalue weighted by Crippen LogP contribution is 2.31. The molecule has 1 aliphatic heterocycles. The maximum atomic E-state index is 12.5. The van der Waals surface area contributed by atoms with Crippen molar-refractivity contribution in [3.63, 3.8) is 0 Å². The number of benzene rings is 1. The quantitative estimate of drug-likeness (QED) is 0.633. The van der Waals surface area contributed by atoms with Crippen molar-refractivity contribution in [1.82, 2.24) is 15.0 Å².